The number of rotatable bonds is 3. The molecule has 3 nitrogen and oxygen atoms in total. The molecular weight excluding hydrogens is 190 g/mol. The van der Waals surface area contributed by atoms with Crippen molar-refractivity contribution in [3.8, 4) is 0 Å². The molecule has 86 valence electrons. The van der Waals surface area contributed by atoms with Gasteiger partial charge in [-0.15, -0.1) is 0 Å². The van der Waals surface area contributed by atoms with Crippen molar-refractivity contribution < 1.29 is 9.90 Å². The number of hydrogen-bond donors (Lipinski definition) is 1. The van der Waals surface area contributed by atoms with E-state index in [1.807, 2.05) is 0 Å². The minimum absolute atomic E-state index is 0.0914. The molecule has 1 heterocycles. The standard InChI is InChI=1S/C12H21NO2/c1-2-10-8-9(12(14)15)6-7-13(10)11-4-3-5-11/h9-11H,2-8H2,1H3,(H,14,15). The van der Waals surface area contributed by atoms with E-state index in [1.165, 1.54) is 19.3 Å². The molecule has 1 N–H and O–H groups in total. The van der Waals surface area contributed by atoms with Crippen LogP contribution in [0.2, 0.25) is 0 Å². The molecule has 2 fully saturated rings. The molecule has 1 saturated carbocycles. The van der Waals surface area contributed by atoms with Gasteiger partial charge in [0.15, 0.2) is 0 Å². The van der Waals surface area contributed by atoms with Crippen LogP contribution >= 0.6 is 0 Å². The molecule has 0 aromatic heterocycles. The van der Waals surface area contributed by atoms with Gasteiger partial charge in [-0.2, -0.15) is 0 Å². The molecule has 0 amide bonds. The average molecular weight is 211 g/mol. The molecule has 0 radical (unpaired) electrons. The van der Waals surface area contributed by atoms with Gasteiger partial charge in [0, 0.05) is 12.1 Å². The van der Waals surface area contributed by atoms with E-state index in [1.54, 1.807) is 0 Å². The van der Waals surface area contributed by atoms with Crippen molar-refractivity contribution in [3.63, 3.8) is 0 Å². The van der Waals surface area contributed by atoms with Crippen molar-refractivity contribution in [2.45, 2.75) is 57.5 Å². The lowest BCUT2D eigenvalue weighted by atomic mass is 9.83. The molecule has 3 heteroatoms. The van der Waals surface area contributed by atoms with Gasteiger partial charge in [0.1, 0.15) is 0 Å². The van der Waals surface area contributed by atoms with Crippen molar-refractivity contribution in [3.05, 3.63) is 0 Å². The highest BCUT2D eigenvalue weighted by atomic mass is 16.4. The SMILES string of the molecule is CCC1CC(C(=O)O)CCN1C1CCC1. The number of hydrogen-bond acceptors (Lipinski definition) is 2. The summed E-state index contributed by atoms with van der Waals surface area (Å²) in [6.07, 6.45) is 6.83. The number of carboxylic acid groups (broad SMARTS) is 1. The summed E-state index contributed by atoms with van der Waals surface area (Å²) in [7, 11) is 0. The lowest BCUT2D eigenvalue weighted by Gasteiger charge is -2.46. The molecule has 2 atom stereocenters. The molecule has 0 aromatic carbocycles. The van der Waals surface area contributed by atoms with Crippen LogP contribution < -0.4 is 0 Å². The second-order valence-corrected chi connectivity index (χ2v) is 4.94. The Kier molecular flexibility index (Phi) is 3.29. The van der Waals surface area contributed by atoms with Crippen LogP contribution in [0, 0.1) is 5.92 Å². The maximum Gasteiger partial charge on any atom is 0.306 e. The summed E-state index contributed by atoms with van der Waals surface area (Å²) in [5.74, 6) is -0.687. The molecule has 15 heavy (non-hydrogen) atoms. The zero-order valence-corrected chi connectivity index (χ0v) is 9.48. The fourth-order valence-corrected chi connectivity index (χ4v) is 2.89. The molecule has 1 saturated heterocycles. The average Bonchev–Trinajstić information content (AvgIpc) is 2.15. The van der Waals surface area contributed by atoms with E-state index in [-0.39, 0.29) is 5.92 Å². The van der Waals surface area contributed by atoms with Crippen molar-refractivity contribution in [2.24, 2.45) is 5.92 Å². The Balaban J connectivity index is 1.94. The Bertz CT molecular complexity index is 238. The third-order valence-corrected chi connectivity index (χ3v) is 4.13. The summed E-state index contributed by atoms with van der Waals surface area (Å²) in [5.41, 5.74) is 0. The van der Waals surface area contributed by atoms with Crippen LogP contribution in [-0.4, -0.2) is 34.6 Å². The number of likely N-dealkylation sites (tertiary alicyclic amines) is 1. The highest BCUT2D eigenvalue weighted by Crippen LogP contribution is 2.33. The number of carboxylic acids is 1. The summed E-state index contributed by atoms with van der Waals surface area (Å²) < 4.78 is 0. The minimum atomic E-state index is -0.596. The van der Waals surface area contributed by atoms with Gasteiger partial charge in [-0.3, -0.25) is 9.69 Å². The lowest BCUT2D eigenvalue weighted by molar-refractivity contribution is -0.144. The van der Waals surface area contributed by atoms with Crippen LogP contribution in [-0.2, 0) is 4.79 Å². The first-order valence-corrected chi connectivity index (χ1v) is 6.21. The smallest absolute Gasteiger partial charge is 0.306 e. The third-order valence-electron chi connectivity index (χ3n) is 4.13. The van der Waals surface area contributed by atoms with Crippen molar-refractivity contribution in [1.82, 2.24) is 4.90 Å². The van der Waals surface area contributed by atoms with Crippen LogP contribution in [0.1, 0.15) is 45.4 Å². The van der Waals surface area contributed by atoms with Crippen molar-refractivity contribution in [2.75, 3.05) is 6.54 Å². The molecule has 0 bridgehead atoms. The summed E-state index contributed by atoms with van der Waals surface area (Å²) >= 11 is 0. The van der Waals surface area contributed by atoms with Crippen LogP contribution in [0.15, 0.2) is 0 Å². The molecule has 1 aliphatic heterocycles. The van der Waals surface area contributed by atoms with E-state index in [2.05, 4.69) is 11.8 Å². The van der Waals surface area contributed by atoms with Crippen LogP contribution in [0.5, 0.6) is 0 Å². The van der Waals surface area contributed by atoms with Crippen molar-refractivity contribution in [1.29, 1.82) is 0 Å². The van der Waals surface area contributed by atoms with Gasteiger partial charge in [-0.05, 0) is 38.6 Å². The van der Waals surface area contributed by atoms with Gasteiger partial charge in [-0.1, -0.05) is 13.3 Å². The second-order valence-electron chi connectivity index (χ2n) is 4.94. The first kappa shape index (κ1) is 10.9. The van der Waals surface area contributed by atoms with Gasteiger partial charge >= 0.3 is 5.97 Å². The van der Waals surface area contributed by atoms with Crippen LogP contribution in [0.3, 0.4) is 0 Å². The van der Waals surface area contributed by atoms with Gasteiger partial charge in [0.2, 0.25) is 0 Å². The maximum atomic E-state index is 11.0. The lowest BCUT2D eigenvalue weighted by Crippen LogP contribution is -2.51. The monoisotopic (exact) mass is 211 g/mol. The molecule has 2 unspecified atom stereocenters. The summed E-state index contributed by atoms with van der Waals surface area (Å²) in [4.78, 5) is 13.5. The van der Waals surface area contributed by atoms with Gasteiger partial charge in [0.05, 0.1) is 5.92 Å². The molecule has 0 spiro atoms. The summed E-state index contributed by atoms with van der Waals surface area (Å²) in [6.45, 7) is 3.18. The van der Waals surface area contributed by atoms with E-state index in [4.69, 9.17) is 5.11 Å². The predicted molar refractivity (Wildman–Crippen MR) is 58.8 cm³/mol. The van der Waals surface area contributed by atoms with Crippen LogP contribution in [0.4, 0.5) is 0 Å². The summed E-state index contributed by atoms with van der Waals surface area (Å²) in [6, 6.07) is 1.29. The zero-order valence-electron chi connectivity index (χ0n) is 9.48. The fourth-order valence-electron chi connectivity index (χ4n) is 2.89. The Morgan fingerprint density at radius 3 is 2.60 bits per heavy atom. The predicted octanol–water partition coefficient (Wildman–Crippen LogP) is 2.11. The quantitative estimate of drug-likeness (QED) is 0.777. The Hall–Kier alpha value is -0.570. The minimum Gasteiger partial charge on any atom is -0.481 e. The van der Waals surface area contributed by atoms with Gasteiger partial charge in [-0.25, -0.2) is 0 Å². The fraction of sp³-hybridized carbons (Fsp3) is 0.917. The number of aliphatic carboxylic acids is 1. The molecular formula is C12H21NO2. The molecule has 2 rings (SSSR count). The van der Waals surface area contributed by atoms with E-state index >= 15 is 0 Å². The van der Waals surface area contributed by atoms with E-state index in [0.717, 1.165) is 31.8 Å². The Morgan fingerprint density at radius 2 is 2.13 bits per heavy atom. The molecule has 1 aliphatic carbocycles. The second kappa shape index (κ2) is 4.52. The maximum absolute atomic E-state index is 11.0. The largest absolute Gasteiger partial charge is 0.481 e. The molecule has 2 aliphatic rings. The highest BCUT2D eigenvalue weighted by molar-refractivity contribution is 5.70. The topological polar surface area (TPSA) is 40.5 Å². The number of piperidine rings is 1. The Morgan fingerprint density at radius 1 is 1.40 bits per heavy atom. The first-order valence-electron chi connectivity index (χ1n) is 6.21. The first-order chi connectivity index (χ1) is 7.22. The number of carbonyl (C=O) groups is 1. The van der Waals surface area contributed by atoms with E-state index in [9.17, 15) is 4.79 Å². The van der Waals surface area contributed by atoms with E-state index < -0.39 is 5.97 Å². The van der Waals surface area contributed by atoms with Gasteiger partial charge in [0.25, 0.3) is 0 Å². The Labute approximate surface area is 91.5 Å². The molecule has 0 aromatic rings. The highest BCUT2D eigenvalue weighted by Gasteiger charge is 2.36. The zero-order chi connectivity index (χ0) is 10.8. The normalized spacial score (nSPS) is 33.7. The van der Waals surface area contributed by atoms with E-state index in [0.29, 0.717) is 6.04 Å². The third kappa shape index (κ3) is 2.17. The van der Waals surface area contributed by atoms with Crippen LogP contribution in [0.25, 0.3) is 0 Å². The van der Waals surface area contributed by atoms with Gasteiger partial charge < -0.3 is 5.11 Å². The summed E-state index contributed by atoms with van der Waals surface area (Å²) in [5, 5.41) is 9.03. The van der Waals surface area contributed by atoms with Crippen molar-refractivity contribution >= 4 is 5.97 Å². The number of nitrogens with zero attached hydrogens (tertiary/aromatic N) is 1.